The van der Waals surface area contributed by atoms with Gasteiger partial charge in [0.05, 0.1) is 23.3 Å². The number of hydrogen-bond donors (Lipinski definition) is 0. The van der Waals surface area contributed by atoms with E-state index in [-0.39, 0.29) is 11.0 Å². The Morgan fingerprint density at radius 1 is 1.33 bits per heavy atom. The van der Waals surface area contributed by atoms with E-state index < -0.39 is 28.3 Å². The molecule has 0 amide bonds. The summed E-state index contributed by atoms with van der Waals surface area (Å²) in [5.41, 5.74) is 1.06. The first-order chi connectivity index (χ1) is 14.4. The first-order valence-corrected chi connectivity index (χ1v) is 11.2. The minimum atomic E-state index is -1.66. The molecule has 4 rings (SSSR count). The van der Waals surface area contributed by atoms with Gasteiger partial charge in [-0.05, 0) is 62.6 Å². The van der Waals surface area contributed by atoms with Gasteiger partial charge in [0.15, 0.2) is 15.6 Å². The molecule has 1 saturated heterocycles. The minimum absolute atomic E-state index is 0.0920. The van der Waals surface area contributed by atoms with Gasteiger partial charge in [0, 0.05) is 42.5 Å². The number of aromatic nitrogens is 2. The Labute approximate surface area is 179 Å². The third kappa shape index (κ3) is 3.71. The van der Waals surface area contributed by atoms with Gasteiger partial charge in [0.2, 0.25) is 0 Å². The molecular weight excluding hydrogens is 401 g/mol. The Morgan fingerprint density at radius 3 is 2.73 bits per heavy atom. The number of hydrogen-bond acceptors (Lipinski definition) is 4. The fourth-order valence-electron chi connectivity index (χ4n) is 4.43. The molecule has 1 aliphatic heterocycles. The summed E-state index contributed by atoms with van der Waals surface area (Å²) < 4.78 is 36.1. The van der Waals surface area contributed by atoms with E-state index in [0.29, 0.717) is 30.8 Å². The fraction of sp³-hybridized carbons (Fsp3) is 0.391. The average Bonchev–Trinajstić information content (AvgIpc) is 3.19. The number of nitriles is 1. The summed E-state index contributed by atoms with van der Waals surface area (Å²) in [7, 11) is 1.86. The van der Waals surface area contributed by atoms with Crippen LogP contribution < -0.4 is 0 Å². The Bertz CT molecular complexity index is 1020. The molecule has 5 nitrogen and oxygen atoms in total. The third-order valence-corrected chi connectivity index (χ3v) is 7.49. The Balaban J connectivity index is 1.62. The van der Waals surface area contributed by atoms with Gasteiger partial charge in [-0.2, -0.15) is 10.4 Å². The quantitative estimate of drug-likeness (QED) is 0.668. The summed E-state index contributed by atoms with van der Waals surface area (Å²) in [6, 6.07) is 11.5. The van der Waals surface area contributed by atoms with Gasteiger partial charge in [0.25, 0.3) is 0 Å². The van der Waals surface area contributed by atoms with Crippen LogP contribution in [0.15, 0.2) is 64.3 Å². The van der Waals surface area contributed by atoms with Crippen molar-refractivity contribution < 1.29 is 13.7 Å². The van der Waals surface area contributed by atoms with Gasteiger partial charge < -0.3 is 9.29 Å². The number of rotatable bonds is 4. The van der Waals surface area contributed by atoms with E-state index >= 15 is 4.39 Å². The molecule has 4 atom stereocenters. The lowest BCUT2D eigenvalue weighted by atomic mass is 9.67. The van der Waals surface area contributed by atoms with E-state index in [9.17, 15) is 9.81 Å². The van der Waals surface area contributed by atoms with Crippen LogP contribution in [0.3, 0.4) is 0 Å². The maximum atomic E-state index is 15.6. The lowest BCUT2D eigenvalue weighted by Crippen LogP contribution is -2.40. The van der Waals surface area contributed by atoms with Crippen LogP contribution >= 0.6 is 0 Å². The average molecular weight is 426 g/mol. The van der Waals surface area contributed by atoms with Crippen LogP contribution in [0.25, 0.3) is 11.3 Å². The summed E-state index contributed by atoms with van der Waals surface area (Å²) >= 11 is -1.66. The van der Waals surface area contributed by atoms with Crippen LogP contribution in [0.2, 0.25) is 0 Å². The zero-order chi connectivity index (χ0) is 21.3. The second-order valence-corrected chi connectivity index (χ2v) is 9.39. The van der Waals surface area contributed by atoms with E-state index in [1.54, 1.807) is 29.1 Å². The zero-order valence-corrected chi connectivity index (χ0v) is 17.9. The molecule has 156 valence electrons. The van der Waals surface area contributed by atoms with Crippen molar-refractivity contribution in [2.24, 2.45) is 18.4 Å². The second kappa shape index (κ2) is 8.38. The highest BCUT2D eigenvalue weighted by atomic mass is 32.2. The normalized spacial score (nSPS) is 27.7. The molecule has 2 aromatic rings. The number of benzene rings is 1. The molecule has 2 heterocycles. The molecule has 1 aromatic carbocycles. The summed E-state index contributed by atoms with van der Waals surface area (Å²) in [4.78, 5) is 0.691. The maximum absolute atomic E-state index is 15.6. The Hall–Kier alpha value is -2.40. The predicted octanol–water partition coefficient (Wildman–Crippen LogP) is 4.66. The van der Waals surface area contributed by atoms with Crippen LogP contribution in [0.1, 0.15) is 26.2 Å². The van der Waals surface area contributed by atoms with Gasteiger partial charge in [-0.25, -0.2) is 4.39 Å². The SMILES string of the molecule is C[C@H]1C[C@@](C#N)(C2CC=CC([S+]([O-])c3ccc(-c4ccnn4C)cc3)=C2F)CCO1. The van der Waals surface area contributed by atoms with E-state index in [4.69, 9.17) is 4.74 Å². The predicted molar refractivity (Wildman–Crippen MR) is 113 cm³/mol. The van der Waals surface area contributed by atoms with Crippen LogP contribution in [-0.2, 0) is 23.0 Å². The van der Waals surface area contributed by atoms with Crippen molar-refractivity contribution in [1.82, 2.24) is 9.78 Å². The standard InChI is InChI=1S/C23H24FN3O2S/c1-16-14-23(15-25,11-13-29-16)19-4-3-5-21(22(19)24)30(28)18-8-6-17(7-9-18)20-10-12-26-27(20)2/h3,5-10,12,16,19H,4,11,13-14H2,1-2H3/t16-,19?,23-,30?/m0/s1. The van der Waals surface area contributed by atoms with Crippen molar-refractivity contribution in [3.63, 3.8) is 0 Å². The summed E-state index contributed by atoms with van der Waals surface area (Å²) in [6.07, 6.45) is 6.47. The van der Waals surface area contributed by atoms with Crippen LogP contribution in [0, 0.1) is 22.7 Å². The molecule has 2 unspecified atom stereocenters. The van der Waals surface area contributed by atoms with Gasteiger partial charge >= 0.3 is 0 Å². The molecular formula is C23H24FN3O2S. The largest absolute Gasteiger partial charge is 0.606 e. The molecule has 0 radical (unpaired) electrons. The summed E-state index contributed by atoms with van der Waals surface area (Å²) in [5.74, 6) is -1.02. The molecule has 7 heteroatoms. The van der Waals surface area contributed by atoms with Crippen molar-refractivity contribution in [3.8, 4) is 17.3 Å². The lowest BCUT2D eigenvalue weighted by molar-refractivity contribution is -0.0362. The highest BCUT2D eigenvalue weighted by Crippen LogP contribution is 2.48. The molecule has 30 heavy (non-hydrogen) atoms. The number of nitrogens with zero attached hydrogens (tertiary/aromatic N) is 3. The monoisotopic (exact) mass is 425 g/mol. The van der Waals surface area contributed by atoms with E-state index in [1.165, 1.54) is 0 Å². The highest BCUT2D eigenvalue weighted by Gasteiger charge is 2.47. The third-order valence-electron chi connectivity index (χ3n) is 6.06. The summed E-state index contributed by atoms with van der Waals surface area (Å²) in [5, 5.41) is 14.1. The van der Waals surface area contributed by atoms with Crippen molar-refractivity contribution in [2.45, 2.75) is 37.2 Å². The van der Waals surface area contributed by atoms with Gasteiger partial charge in [-0.1, -0.05) is 6.08 Å². The number of halogens is 1. The van der Waals surface area contributed by atoms with Crippen LogP contribution in [0.5, 0.6) is 0 Å². The van der Waals surface area contributed by atoms with Gasteiger partial charge in [-0.15, -0.1) is 0 Å². The topological polar surface area (TPSA) is 73.9 Å². The van der Waals surface area contributed by atoms with E-state index in [0.717, 1.165) is 11.3 Å². The minimum Gasteiger partial charge on any atom is -0.606 e. The smallest absolute Gasteiger partial charge is 0.189 e. The molecule has 0 bridgehead atoms. The first kappa shape index (κ1) is 20.9. The molecule has 1 aliphatic carbocycles. The molecule has 0 saturated carbocycles. The Morgan fingerprint density at radius 2 is 2.10 bits per heavy atom. The van der Waals surface area contributed by atoms with Crippen molar-refractivity contribution >= 4 is 11.2 Å². The molecule has 0 N–H and O–H groups in total. The van der Waals surface area contributed by atoms with Crippen LogP contribution in [0.4, 0.5) is 4.39 Å². The van der Waals surface area contributed by atoms with Crippen LogP contribution in [-0.4, -0.2) is 27.0 Å². The molecule has 0 spiro atoms. The molecule has 1 aromatic heterocycles. The van der Waals surface area contributed by atoms with E-state index in [1.807, 2.05) is 38.2 Å². The lowest BCUT2D eigenvalue weighted by Gasteiger charge is -2.40. The number of aryl methyl sites for hydroxylation is 1. The van der Waals surface area contributed by atoms with Crippen molar-refractivity contribution in [3.05, 3.63) is 59.4 Å². The number of allylic oxidation sites excluding steroid dienone is 3. The summed E-state index contributed by atoms with van der Waals surface area (Å²) in [6.45, 7) is 2.35. The molecule has 1 fully saturated rings. The first-order valence-electron chi connectivity index (χ1n) is 10.0. The van der Waals surface area contributed by atoms with Crippen molar-refractivity contribution in [2.75, 3.05) is 6.61 Å². The van der Waals surface area contributed by atoms with E-state index in [2.05, 4.69) is 11.2 Å². The maximum Gasteiger partial charge on any atom is 0.189 e. The Kier molecular flexibility index (Phi) is 5.83. The van der Waals surface area contributed by atoms with Crippen molar-refractivity contribution in [1.29, 1.82) is 5.26 Å². The van der Waals surface area contributed by atoms with Gasteiger partial charge in [-0.3, -0.25) is 4.68 Å². The number of ether oxygens (including phenoxy) is 1. The molecule has 2 aliphatic rings. The highest BCUT2D eigenvalue weighted by molar-refractivity contribution is 7.95. The van der Waals surface area contributed by atoms with Gasteiger partial charge in [0.1, 0.15) is 0 Å². The fourth-order valence-corrected chi connectivity index (χ4v) is 5.61. The zero-order valence-electron chi connectivity index (χ0n) is 17.0. The second-order valence-electron chi connectivity index (χ2n) is 7.94.